The van der Waals surface area contributed by atoms with Gasteiger partial charge in [-0.3, -0.25) is 4.90 Å². The smallest absolute Gasteiger partial charge is 0.341 e. The van der Waals surface area contributed by atoms with Crippen LogP contribution in [0.3, 0.4) is 0 Å². The lowest BCUT2D eigenvalue weighted by Crippen LogP contribution is -2.50. The van der Waals surface area contributed by atoms with Gasteiger partial charge in [0.2, 0.25) is 10.9 Å². The molecule has 0 bridgehead atoms. The molecule has 2 unspecified atom stereocenters. The molecule has 2 aliphatic heterocycles. The molecular weight excluding hydrogens is 451 g/mol. The molecular formula is C23H23FN2O6S. The third kappa shape index (κ3) is 4.09. The third-order valence-electron chi connectivity index (χ3n) is 6.35. The number of carboxylic acids is 1. The number of carboxylic acid groups (broad SMARTS) is 1. The molecule has 1 saturated heterocycles. The van der Waals surface area contributed by atoms with Gasteiger partial charge in [0.1, 0.15) is 17.1 Å². The second-order valence-corrected chi connectivity index (χ2v) is 9.50. The van der Waals surface area contributed by atoms with Crippen molar-refractivity contribution in [2.24, 2.45) is 5.92 Å². The third-order valence-corrected chi connectivity index (χ3v) is 7.11. The molecule has 0 aromatic heterocycles. The first-order valence-corrected chi connectivity index (χ1v) is 11.8. The number of hydrogen-bond acceptors (Lipinski definition) is 6. The van der Waals surface area contributed by atoms with Gasteiger partial charge >= 0.3 is 5.97 Å². The molecule has 0 radical (unpaired) electrons. The molecule has 0 amide bonds. The molecule has 2 fully saturated rings. The fraction of sp³-hybridized carbons (Fsp3) is 0.348. The lowest BCUT2D eigenvalue weighted by atomic mass is 9.99. The maximum Gasteiger partial charge on any atom is 0.341 e. The zero-order chi connectivity index (χ0) is 23.3. The van der Waals surface area contributed by atoms with Crippen LogP contribution in [0.2, 0.25) is 0 Å². The first-order chi connectivity index (χ1) is 15.8. The number of ether oxygens (including phenoxy) is 1. The number of thiol groups is 1. The Morgan fingerprint density at radius 1 is 1.24 bits per heavy atom. The van der Waals surface area contributed by atoms with Crippen molar-refractivity contribution in [1.82, 2.24) is 4.90 Å². The van der Waals surface area contributed by atoms with Crippen LogP contribution in [0.25, 0.3) is 6.08 Å². The van der Waals surface area contributed by atoms with Crippen LogP contribution in [-0.4, -0.2) is 61.8 Å². The maximum atomic E-state index is 14.0. The summed E-state index contributed by atoms with van der Waals surface area (Å²) in [5.41, 5.74) is 0.932. The van der Waals surface area contributed by atoms with E-state index in [1.165, 1.54) is 18.2 Å². The van der Waals surface area contributed by atoms with Crippen molar-refractivity contribution in [2.45, 2.75) is 18.4 Å². The first kappa shape index (κ1) is 21.9. The van der Waals surface area contributed by atoms with E-state index >= 15 is 0 Å². The standard InChI is InChI=1S/C23H23FN2O6S/c24-15-3-5-19(13(8-15)2-1-7-25-10-16(27)11-25)26(33(30)31)20-6-4-17-18-9-14(18)12-32-22(17)21(20)23(28)29/h1-6,8,14,16,18,27,33H,7,9-12H2,(H,28,29). The number of likely N-dealkylation sites (tertiary alicyclic amines) is 1. The highest BCUT2D eigenvalue weighted by atomic mass is 32.2. The summed E-state index contributed by atoms with van der Waals surface area (Å²) in [5.74, 6) is -1.03. The largest absolute Gasteiger partial charge is 0.492 e. The predicted octanol–water partition coefficient (Wildman–Crippen LogP) is 2.37. The van der Waals surface area contributed by atoms with E-state index in [9.17, 15) is 27.8 Å². The number of rotatable bonds is 7. The average Bonchev–Trinajstić information content (AvgIpc) is 3.53. The summed E-state index contributed by atoms with van der Waals surface area (Å²) in [6, 6.07) is 6.86. The Kier molecular flexibility index (Phi) is 5.59. The fourth-order valence-electron chi connectivity index (χ4n) is 4.60. The van der Waals surface area contributed by atoms with Crippen LogP contribution in [0.4, 0.5) is 15.8 Å². The molecule has 8 nitrogen and oxygen atoms in total. The Labute approximate surface area is 191 Å². The molecule has 1 aliphatic carbocycles. The summed E-state index contributed by atoms with van der Waals surface area (Å²) in [7, 11) is -3.31. The number of aliphatic hydroxyl groups is 1. The van der Waals surface area contributed by atoms with Crippen molar-refractivity contribution >= 4 is 34.3 Å². The van der Waals surface area contributed by atoms with Gasteiger partial charge in [0.25, 0.3) is 0 Å². The van der Waals surface area contributed by atoms with Gasteiger partial charge in [-0.2, -0.15) is 0 Å². The molecule has 1 saturated carbocycles. The number of fused-ring (bicyclic) bond motifs is 3. The summed E-state index contributed by atoms with van der Waals surface area (Å²) in [4.78, 5) is 14.2. The zero-order valence-electron chi connectivity index (χ0n) is 17.6. The monoisotopic (exact) mass is 474 g/mol. The zero-order valence-corrected chi connectivity index (χ0v) is 18.5. The Morgan fingerprint density at radius 2 is 2.00 bits per heavy atom. The fourth-order valence-corrected chi connectivity index (χ4v) is 5.30. The van der Waals surface area contributed by atoms with Gasteiger partial charge in [-0.15, -0.1) is 0 Å². The molecule has 2 atom stereocenters. The van der Waals surface area contributed by atoms with Crippen LogP contribution in [-0.2, 0) is 10.9 Å². The van der Waals surface area contributed by atoms with E-state index in [1.807, 2.05) is 4.90 Å². The number of carbonyl (C=O) groups is 1. The quantitative estimate of drug-likeness (QED) is 0.529. The van der Waals surface area contributed by atoms with Crippen molar-refractivity contribution in [1.29, 1.82) is 0 Å². The van der Waals surface area contributed by atoms with Gasteiger partial charge in [-0.1, -0.05) is 18.2 Å². The summed E-state index contributed by atoms with van der Waals surface area (Å²) in [6.45, 7) is 1.99. The average molecular weight is 475 g/mol. The lowest BCUT2D eigenvalue weighted by molar-refractivity contribution is 0.00991. The van der Waals surface area contributed by atoms with Crippen LogP contribution in [0.5, 0.6) is 5.75 Å². The minimum atomic E-state index is -3.31. The predicted molar refractivity (Wildman–Crippen MR) is 120 cm³/mol. The van der Waals surface area contributed by atoms with E-state index in [1.54, 1.807) is 18.2 Å². The minimum absolute atomic E-state index is 0.0522. The molecule has 3 aliphatic rings. The summed E-state index contributed by atoms with van der Waals surface area (Å²) in [6.07, 6.45) is 3.92. The lowest BCUT2D eigenvalue weighted by Gasteiger charge is -2.34. The number of halogens is 1. The van der Waals surface area contributed by atoms with Crippen molar-refractivity contribution in [3.63, 3.8) is 0 Å². The highest BCUT2D eigenvalue weighted by molar-refractivity contribution is 7.74. The van der Waals surface area contributed by atoms with Crippen molar-refractivity contribution in [2.75, 3.05) is 30.5 Å². The normalized spacial score (nSPS) is 21.9. The molecule has 33 heavy (non-hydrogen) atoms. The van der Waals surface area contributed by atoms with E-state index < -0.39 is 22.7 Å². The van der Waals surface area contributed by atoms with Crippen molar-refractivity contribution < 1.29 is 32.6 Å². The van der Waals surface area contributed by atoms with E-state index in [-0.39, 0.29) is 40.3 Å². The van der Waals surface area contributed by atoms with Crippen LogP contribution < -0.4 is 9.04 Å². The number of hydrogen-bond donors (Lipinski definition) is 3. The van der Waals surface area contributed by atoms with Gasteiger partial charge < -0.3 is 14.9 Å². The highest BCUT2D eigenvalue weighted by Crippen LogP contribution is 2.56. The topological polar surface area (TPSA) is 107 Å². The van der Waals surface area contributed by atoms with Crippen molar-refractivity contribution in [3.8, 4) is 5.75 Å². The molecule has 2 aromatic rings. The SMILES string of the molecule is O=C(O)c1c(N(c2ccc(F)cc2C=CCN2CC(O)C2)[SH](=O)=O)ccc2c1OCC1CC21. The van der Waals surface area contributed by atoms with Crippen LogP contribution in [0, 0.1) is 11.7 Å². The number of β-amino-alcohol motifs (C(OH)–C–C–N with tert-alkyl or cyclic N) is 1. The van der Waals surface area contributed by atoms with E-state index in [4.69, 9.17) is 4.74 Å². The van der Waals surface area contributed by atoms with Gasteiger partial charge in [0.05, 0.1) is 24.1 Å². The summed E-state index contributed by atoms with van der Waals surface area (Å²) < 4.78 is 45.5. The molecule has 10 heteroatoms. The van der Waals surface area contributed by atoms with E-state index in [0.717, 1.165) is 22.4 Å². The maximum absolute atomic E-state index is 14.0. The van der Waals surface area contributed by atoms with Crippen LogP contribution in [0.15, 0.2) is 36.4 Å². The molecule has 5 rings (SSSR count). The minimum Gasteiger partial charge on any atom is -0.492 e. The molecule has 2 aromatic carbocycles. The summed E-state index contributed by atoms with van der Waals surface area (Å²) in [5, 5.41) is 19.4. The van der Waals surface area contributed by atoms with Crippen LogP contribution >= 0.6 is 0 Å². The van der Waals surface area contributed by atoms with Crippen LogP contribution in [0.1, 0.15) is 33.8 Å². The molecule has 2 heterocycles. The van der Waals surface area contributed by atoms with Gasteiger partial charge in [-0.25, -0.2) is 21.9 Å². The molecule has 174 valence electrons. The molecule has 2 N–H and O–H groups in total. The number of nitrogens with zero attached hydrogens (tertiary/aromatic N) is 2. The number of anilines is 2. The number of aliphatic hydroxyl groups excluding tert-OH is 1. The Bertz CT molecular complexity index is 1220. The Morgan fingerprint density at radius 3 is 2.70 bits per heavy atom. The Hall–Kier alpha value is -2.95. The first-order valence-electron chi connectivity index (χ1n) is 10.7. The Balaban J connectivity index is 1.56. The summed E-state index contributed by atoms with van der Waals surface area (Å²) >= 11 is 0. The van der Waals surface area contributed by atoms with Crippen molar-refractivity contribution in [3.05, 3.63) is 58.9 Å². The highest BCUT2D eigenvalue weighted by Gasteiger charge is 2.45. The number of benzene rings is 2. The number of aromatic carboxylic acids is 1. The van der Waals surface area contributed by atoms with E-state index in [0.29, 0.717) is 32.2 Å². The second-order valence-electron chi connectivity index (χ2n) is 8.62. The van der Waals surface area contributed by atoms with Gasteiger partial charge in [0.15, 0.2) is 0 Å². The molecule has 0 spiro atoms. The second kappa shape index (κ2) is 8.44. The van der Waals surface area contributed by atoms with E-state index in [2.05, 4.69) is 0 Å². The van der Waals surface area contributed by atoms with Gasteiger partial charge in [-0.05, 0) is 42.2 Å². The van der Waals surface area contributed by atoms with Gasteiger partial charge in [0, 0.05) is 31.1 Å².